The van der Waals surface area contributed by atoms with E-state index in [9.17, 15) is 13.2 Å². The summed E-state index contributed by atoms with van der Waals surface area (Å²) in [4.78, 5) is 14.2. The smallest absolute Gasteiger partial charge is 0.240 e. The third kappa shape index (κ3) is 3.15. The highest BCUT2D eigenvalue weighted by Crippen LogP contribution is 2.34. The van der Waals surface area contributed by atoms with Crippen molar-refractivity contribution in [1.29, 1.82) is 0 Å². The number of benzene rings is 1. The van der Waals surface area contributed by atoms with Gasteiger partial charge in [0.05, 0.1) is 4.90 Å². The fourth-order valence-electron chi connectivity index (χ4n) is 3.66. The first-order chi connectivity index (χ1) is 10.9. The lowest BCUT2D eigenvalue weighted by atomic mass is 10.1. The average molecular weight is 336 g/mol. The fraction of sp³-hybridized carbons (Fsp3) is 0.588. The van der Waals surface area contributed by atoms with Crippen molar-refractivity contribution in [1.82, 2.24) is 4.72 Å². The van der Waals surface area contributed by atoms with Gasteiger partial charge >= 0.3 is 0 Å². The molecule has 0 radical (unpaired) electrons. The number of nitrogens with one attached hydrogen (secondary N) is 1. The molecule has 1 aromatic carbocycles. The van der Waals surface area contributed by atoms with Crippen molar-refractivity contribution in [3.8, 4) is 0 Å². The second-order valence-electron chi connectivity index (χ2n) is 6.56. The van der Waals surface area contributed by atoms with E-state index in [2.05, 4.69) is 4.72 Å². The van der Waals surface area contributed by atoms with Crippen molar-refractivity contribution in [3.63, 3.8) is 0 Å². The zero-order valence-electron chi connectivity index (χ0n) is 13.7. The van der Waals surface area contributed by atoms with Gasteiger partial charge in [-0.25, -0.2) is 13.1 Å². The van der Waals surface area contributed by atoms with Crippen LogP contribution >= 0.6 is 0 Å². The van der Waals surface area contributed by atoms with Crippen LogP contribution in [0, 0.1) is 0 Å². The molecule has 1 aromatic rings. The first-order valence-corrected chi connectivity index (χ1v) is 9.88. The molecule has 3 rings (SSSR count). The minimum atomic E-state index is -3.48. The molecule has 2 aliphatic rings. The summed E-state index contributed by atoms with van der Waals surface area (Å²) < 4.78 is 27.9. The first-order valence-electron chi connectivity index (χ1n) is 8.39. The van der Waals surface area contributed by atoms with Gasteiger partial charge in [0.2, 0.25) is 15.9 Å². The number of carbonyl (C=O) groups excluding carboxylic acids is 1. The zero-order chi connectivity index (χ0) is 16.6. The molecule has 1 unspecified atom stereocenters. The highest BCUT2D eigenvalue weighted by molar-refractivity contribution is 7.89. The topological polar surface area (TPSA) is 66.5 Å². The number of nitrogens with zero attached hydrogens (tertiary/aromatic N) is 1. The number of hydrogen-bond donors (Lipinski definition) is 1. The normalized spacial score (nSPS) is 21.7. The van der Waals surface area contributed by atoms with E-state index in [1.54, 1.807) is 23.1 Å². The van der Waals surface area contributed by atoms with Gasteiger partial charge in [-0.15, -0.1) is 0 Å². The van der Waals surface area contributed by atoms with Crippen molar-refractivity contribution in [2.45, 2.75) is 69.4 Å². The molecule has 6 heteroatoms. The Labute approximate surface area is 138 Å². The molecule has 0 saturated heterocycles. The van der Waals surface area contributed by atoms with Crippen molar-refractivity contribution < 1.29 is 13.2 Å². The summed E-state index contributed by atoms with van der Waals surface area (Å²) in [5, 5.41) is 0. The molecular weight excluding hydrogens is 312 g/mol. The van der Waals surface area contributed by atoms with Gasteiger partial charge in [0.15, 0.2) is 0 Å². The predicted octanol–water partition coefficient (Wildman–Crippen LogP) is 2.60. The molecule has 1 N–H and O–H groups in total. The van der Waals surface area contributed by atoms with Crippen LogP contribution in [0.5, 0.6) is 0 Å². The molecule has 5 nitrogen and oxygen atoms in total. The third-order valence-electron chi connectivity index (χ3n) is 4.83. The Morgan fingerprint density at radius 3 is 2.65 bits per heavy atom. The molecule has 1 aliphatic carbocycles. The SMILES string of the molecule is CCC(=O)N1c2ccc(S(=O)(=O)NC3CCCC3)cc2CC1C. The molecule has 1 fully saturated rings. The van der Waals surface area contributed by atoms with E-state index in [-0.39, 0.29) is 18.0 Å². The molecular formula is C17H24N2O3S. The third-order valence-corrected chi connectivity index (χ3v) is 6.34. The van der Waals surface area contributed by atoms with Crippen LogP contribution in [0.25, 0.3) is 0 Å². The van der Waals surface area contributed by atoms with Gasteiger partial charge in [0.1, 0.15) is 0 Å². The van der Waals surface area contributed by atoms with Crippen LogP contribution < -0.4 is 9.62 Å². The number of hydrogen-bond acceptors (Lipinski definition) is 3. The fourth-order valence-corrected chi connectivity index (χ4v) is 5.01. The highest BCUT2D eigenvalue weighted by atomic mass is 32.2. The van der Waals surface area contributed by atoms with E-state index in [4.69, 9.17) is 0 Å². The maximum atomic E-state index is 12.5. The van der Waals surface area contributed by atoms with E-state index < -0.39 is 10.0 Å². The van der Waals surface area contributed by atoms with Crippen molar-refractivity contribution >= 4 is 21.6 Å². The number of fused-ring (bicyclic) bond motifs is 1. The van der Waals surface area contributed by atoms with Gasteiger partial charge in [0.25, 0.3) is 0 Å². The van der Waals surface area contributed by atoms with Gasteiger partial charge in [-0.05, 0) is 49.9 Å². The van der Waals surface area contributed by atoms with E-state index in [1.807, 2.05) is 13.8 Å². The monoisotopic (exact) mass is 336 g/mol. The molecule has 23 heavy (non-hydrogen) atoms. The first kappa shape index (κ1) is 16.5. The largest absolute Gasteiger partial charge is 0.309 e. The van der Waals surface area contributed by atoms with Crippen LogP contribution in [0.1, 0.15) is 51.5 Å². The van der Waals surface area contributed by atoms with Gasteiger partial charge < -0.3 is 4.90 Å². The standard InChI is InChI=1S/C17H24N2O3S/c1-3-17(20)19-12(2)10-13-11-15(8-9-16(13)19)23(21,22)18-14-6-4-5-7-14/h8-9,11-12,14,18H,3-7,10H2,1-2H3. The summed E-state index contributed by atoms with van der Waals surface area (Å²) in [6.07, 6.45) is 5.16. The van der Waals surface area contributed by atoms with Crippen LogP contribution in [-0.2, 0) is 21.2 Å². The van der Waals surface area contributed by atoms with E-state index >= 15 is 0 Å². The van der Waals surface area contributed by atoms with Crippen molar-refractivity contribution in [2.24, 2.45) is 0 Å². The second-order valence-corrected chi connectivity index (χ2v) is 8.28. The van der Waals surface area contributed by atoms with Crippen LogP contribution in [0.3, 0.4) is 0 Å². The van der Waals surface area contributed by atoms with Crippen LogP contribution in [0.2, 0.25) is 0 Å². The van der Waals surface area contributed by atoms with Crippen LogP contribution in [0.15, 0.2) is 23.1 Å². The van der Waals surface area contributed by atoms with Gasteiger partial charge in [-0.3, -0.25) is 4.79 Å². The van der Waals surface area contributed by atoms with Crippen LogP contribution in [0.4, 0.5) is 5.69 Å². The predicted molar refractivity (Wildman–Crippen MR) is 90.0 cm³/mol. The summed E-state index contributed by atoms with van der Waals surface area (Å²) in [6.45, 7) is 3.84. The lowest BCUT2D eigenvalue weighted by Crippen LogP contribution is -2.35. The Kier molecular flexibility index (Phi) is 4.47. The number of sulfonamides is 1. The summed E-state index contributed by atoms with van der Waals surface area (Å²) in [7, 11) is -3.48. The maximum absolute atomic E-state index is 12.5. The lowest BCUT2D eigenvalue weighted by Gasteiger charge is -2.22. The van der Waals surface area contributed by atoms with Gasteiger partial charge in [-0.2, -0.15) is 0 Å². The minimum Gasteiger partial charge on any atom is -0.309 e. The summed E-state index contributed by atoms with van der Waals surface area (Å²) in [6, 6.07) is 5.26. The van der Waals surface area contributed by atoms with Crippen molar-refractivity contribution in [3.05, 3.63) is 23.8 Å². The van der Waals surface area contributed by atoms with Crippen molar-refractivity contribution in [2.75, 3.05) is 4.90 Å². The molecule has 1 heterocycles. The van der Waals surface area contributed by atoms with Gasteiger partial charge in [-0.1, -0.05) is 19.8 Å². The molecule has 0 bridgehead atoms. The van der Waals surface area contributed by atoms with E-state index in [0.717, 1.165) is 36.9 Å². The lowest BCUT2D eigenvalue weighted by molar-refractivity contribution is -0.118. The Morgan fingerprint density at radius 1 is 1.30 bits per heavy atom. The Morgan fingerprint density at radius 2 is 2.00 bits per heavy atom. The average Bonchev–Trinajstić information content (AvgIpc) is 3.11. The highest BCUT2D eigenvalue weighted by Gasteiger charge is 2.31. The molecule has 1 atom stereocenters. The van der Waals surface area contributed by atoms with Gasteiger partial charge in [0, 0.05) is 24.2 Å². The Balaban J connectivity index is 1.87. The number of amides is 1. The number of rotatable bonds is 4. The summed E-state index contributed by atoms with van der Waals surface area (Å²) in [5.74, 6) is 0.0796. The molecule has 0 aromatic heterocycles. The van der Waals surface area contributed by atoms with E-state index in [1.165, 1.54) is 0 Å². The number of anilines is 1. The Bertz CT molecular complexity index is 709. The Hall–Kier alpha value is -1.40. The quantitative estimate of drug-likeness (QED) is 0.919. The molecule has 126 valence electrons. The maximum Gasteiger partial charge on any atom is 0.240 e. The summed E-state index contributed by atoms with van der Waals surface area (Å²) >= 11 is 0. The second kappa shape index (κ2) is 6.24. The summed E-state index contributed by atoms with van der Waals surface area (Å²) in [5.41, 5.74) is 1.79. The van der Waals surface area contributed by atoms with Crippen LogP contribution in [-0.4, -0.2) is 26.4 Å². The zero-order valence-corrected chi connectivity index (χ0v) is 14.5. The molecule has 1 amide bonds. The molecule has 1 saturated carbocycles. The minimum absolute atomic E-state index is 0.0605. The number of carbonyl (C=O) groups is 1. The van der Waals surface area contributed by atoms with E-state index in [0.29, 0.717) is 17.7 Å². The molecule has 1 aliphatic heterocycles. The molecule has 0 spiro atoms.